The number of aromatic carboxylic acids is 1. The van der Waals surface area contributed by atoms with Gasteiger partial charge in [0, 0.05) is 16.8 Å². The Bertz CT molecular complexity index is 1150. The number of sulfonamides is 1. The third kappa shape index (κ3) is 5.06. The molecule has 2 aromatic carbocycles. The zero-order valence-corrected chi connectivity index (χ0v) is 17.6. The first kappa shape index (κ1) is 21.1. The van der Waals surface area contributed by atoms with Crippen LogP contribution in [0.3, 0.4) is 0 Å². The Morgan fingerprint density at radius 1 is 1.24 bits per heavy atom. The Morgan fingerprint density at radius 2 is 2.00 bits per heavy atom. The van der Waals surface area contributed by atoms with Gasteiger partial charge in [-0.05, 0) is 36.8 Å². The van der Waals surface area contributed by atoms with Gasteiger partial charge < -0.3 is 9.84 Å². The SMILES string of the molecule is Cc1c(Cl)cccc1S(=O)(=O)Nc1nc(CCOc2ccccc2C(=O)O)cs1. The molecule has 0 aliphatic rings. The number of carbonyl (C=O) groups is 1. The van der Waals surface area contributed by atoms with Crippen molar-refractivity contribution >= 4 is 44.1 Å². The van der Waals surface area contributed by atoms with Crippen LogP contribution in [0.25, 0.3) is 0 Å². The normalized spacial score (nSPS) is 11.2. The second kappa shape index (κ2) is 8.81. The number of thiazole rings is 1. The van der Waals surface area contributed by atoms with E-state index in [9.17, 15) is 13.2 Å². The molecule has 7 nitrogen and oxygen atoms in total. The van der Waals surface area contributed by atoms with Crippen LogP contribution in [-0.2, 0) is 16.4 Å². The molecule has 0 amide bonds. The number of rotatable bonds is 8. The monoisotopic (exact) mass is 452 g/mol. The molecule has 2 N–H and O–H groups in total. The predicted octanol–water partition coefficient (Wildman–Crippen LogP) is 4.23. The third-order valence-corrected chi connectivity index (χ3v) is 6.84. The fraction of sp³-hybridized carbons (Fsp3) is 0.158. The van der Waals surface area contributed by atoms with Gasteiger partial charge in [0.15, 0.2) is 5.13 Å². The highest BCUT2D eigenvalue weighted by Gasteiger charge is 2.20. The molecule has 10 heteroatoms. The molecule has 0 unspecified atom stereocenters. The zero-order chi connectivity index (χ0) is 21.0. The Balaban J connectivity index is 1.64. The van der Waals surface area contributed by atoms with Crippen molar-refractivity contribution in [3.8, 4) is 5.75 Å². The quantitative estimate of drug-likeness (QED) is 0.530. The number of carboxylic acids is 1. The summed E-state index contributed by atoms with van der Waals surface area (Å²) in [6.07, 6.45) is 0.391. The van der Waals surface area contributed by atoms with Crippen molar-refractivity contribution in [2.75, 3.05) is 11.3 Å². The van der Waals surface area contributed by atoms with Gasteiger partial charge >= 0.3 is 5.97 Å². The Labute approximate surface area is 177 Å². The van der Waals surface area contributed by atoms with Crippen LogP contribution < -0.4 is 9.46 Å². The van der Waals surface area contributed by atoms with Crippen LogP contribution in [0.2, 0.25) is 5.02 Å². The second-order valence-corrected chi connectivity index (χ2v) is 8.93. The Kier molecular flexibility index (Phi) is 6.41. The second-order valence-electron chi connectivity index (χ2n) is 6.01. The third-order valence-electron chi connectivity index (χ3n) is 4.01. The molecule has 1 aromatic heterocycles. The molecule has 0 aliphatic carbocycles. The van der Waals surface area contributed by atoms with Crippen molar-refractivity contribution in [1.82, 2.24) is 4.98 Å². The van der Waals surface area contributed by atoms with E-state index in [4.69, 9.17) is 21.4 Å². The van der Waals surface area contributed by atoms with Gasteiger partial charge in [-0.2, -0.15) is 0 Å². The first-order chi connectivity index (χ1) is 13.8. The fourth-order valence-corrected chi connectivity index (χ4v) is 5.05. The first-order valence-electron chi connectivity index (χ1n) is 8.45. The smallest absolute Gasteiger partial charge is 0.339 e. The number of halogens is 1. The van der Waals surface area contributed by atoms with Gasteiger partial charge in [0.25, 0.3) is 10.0 Å². The molecule has 0 radical (unpaired) electrons. The van der Waals surface area contributed by atoms with Crippen LogP contribution in [0.5, 0.6) is 5.75 Å². The highest BCUT2D eigenvalue weighted by atomic mass is 35.5. The molecular weight excluding hydrogens is 436 g/mol. The molecule has 29 heavy (non-hydrogen) atoms. The van der Waals surface area contributed by atoms with Crippen molar-refractivity contribution in [3.05, 3.63) is 69.7 Å². The van der Waals surface area contributed by atoms with E-state index in [1.807, 2.05) is 0 Å². The molecule has 0 saturated carbocycles. The standard InChI is InChI=1S/C19H17ClN2O5S2/c1-12-15(20)6-4-8-17(12)29(25,26)22-19-21-13(11-28-19)9-10-27-16-7-3-2-5-14(16)18(23)24/h2-8,11H,9-10H2,1H3,(H,21,22)(H,23,24). The number of aromatic nitrogens is 1. The molecule has 3 aromatic rings. The van der Waals surface area contributed by atoms with E-state index < -0.39 is 16.0 Å². The maximum absolute atomic E-state index is 12.6. The number of hydrogen-bond donors (Lipinski definition) is 2. The van der Waals surface area contributed by atoms with Gasteiger partial charge in [-0.15, -0.1) is 11.3 Å². The molecule has 1 heterocycles. The van der Waals surface area contributed by atoms with Crippen LogP contribution in [0.4, 0.5) is 5.13 Å². The van der Waals surface area contributed by atoms with Gasteiger partial charge in [-0.1, -0.05) is 29.8 Å². The van der Waals surface area contributed by atoms with Crippen LogP contribution in [0, 0.1) is 6.92 Å². The molecule has 3 rings (SSSR count). The number of ether oxygens (including phenoxy) is 1. The van der Waals surface area contributed by atoms with Gasteiger partial charge in [-0.25, -0.2) is 18.2 Å². The van der Waals surface area contributed by atoms with E-state index in [2.05, 4.69) is 9.71 Å². The van der Waals surface area contributed by atoms with E-state index in [1.165, 1.54) is 12.1 Å². The number of nitrogens with one attached hydrogen (secondary N) is 1. The van der Waals surface area contributed by atoms with Crippen molar-refractivity contribution in [1.29, 1.82) is 0 Å². The minimum absolute atomic E-state index is 0.0797. The summed E-state index contributed by atoms with van der Waals surface area (Å²) >= 11 is 7.16. The van der Waals surface area contributed by atoms with E-state index in [-0.39, 0.29) is 27.9 Å². The maximum Gasteiger partial charge on any atom is 0.339 e. The highest BCUT2D eigenvalue weighted by molar-refractivity contribution is 7.93. The van der Waals surface area contributed by atoms with Crippen molar-refractivity contribution in [2.24, 2.45) is 0 Å². The van der Waals surface area contributed by atoms with Gasteiger partial charge in [-0.3, -0.25) is 4.72 Å². The fourth-order valence-electron chi connectivity index (χ4n) is 2.55. The zero-order valence-electron chi connectivity index (χ0n) is 15.3. The summed E-state index contributed by atoms with van der Waals surface area (Å²) in [6, 6.07) is 11.0. The van der Waals surface area contributed by atoms with Crippen molar-refractivity contribution in [2.45, 2.75) is 18.2 Å². The summed E-state index contributed by atoms with van der Waals surface area (Å²) in [5, 5.41) is 11.5. The lowest BCUT2D eigenvalue weighted by atomic mass is 10.2. The average Bonchev–Trinajstić information content (AvgIpc) is 3.10. The number of para-hydroxylation sites is 1. The Morgan fingerprint density at radius 3 is 2.76 bits per heavy atom. The van der Waals surface area contributed by atoms with Gasteiger partial charge in [0.2, 0.25) is 0 Å². The van der Waals surface area contributed by atoms with Crippen LogP contribution in [0.15, 0.2) is 52.7 Å². The van der Waals surface area contributed by atoms with Crippen LogP contribution >= 0.6 is 22.9 Å². The van der Waals surface area contributed by atoms with Crippen molar-refractivity contribution in [3.63, 3.8) is 0 Å². The Hall–Kier alpha value is -2.62. The summed E-state index contributed by atoms with van der Waals surface area (Å²) in [6.45, 7) is 1.84. The molecule has 0 aliphatic heterocycles. The largest absolute Gasteiger partial charge is 0.492 e. The molecule has 0 bridgehead atoms. The molecule has 152 valence electrons. The molecule has 0 atom stereocenters. The molecule has 0 saturated heterocycles. The van der Waals surface area contributed by atoms with Crippen LogP contribution in [-0.4, -0.2) is 31.1 Å². The summed E-state index contributed by atoms with van der Waals surface area (Å²) in [5.74, 6) is -0.796. The number of nitrogens with zero attached hydrogens (tertiary/aromatic N) is 1. The highest BCUT2D eigenvalue weighted by Crippen LogP contribution is 2.26. The van der Waals surface area contributed by atoms with E-state index in [0.717, 1.165) is 11.3 Å². The van der Waals surface area contributed by atoms with E-state index in [0.29, 0.717) is 22.7 Å². The summed E-state index contributed by atoms with van der Waals surface area (Å²) in [4.78, 5) is 15.5. The van der Waals surface area contributed by atoms with E-state index in [1.54, 1.807) is 42.6 Å². The molecular formula is C19H17ClN2O5S2. The van der Waals surface area contributed by atoms with E-state index >= 15 is 0 Å². The average molecular weight is 453 g/mol. The van der Waals surface area contributed by atoms with Crippen molar-refractivity contribution < 1.29 is 23.1 Å². The predicted molar refractivity (Wildman–Crippen MR) is 112 cm³/mol. The number of carboxylic acid groups (broad SMARTS) is 1. The number of hydrogen-bond acceptors (Lipinski definition) is 6. The molecule has 0 fully saturated rings. The van der Waals surface area contributed by atoms with Gasteiger partial charge in [0.05, 0.1) is 17.2 Å². The van der Waals surface area contributed by atoms with Crippen LogP contribution in [0.1, 0.15) is 21.6 Å². The minimum atomic E-state index is -3.81. The summed E-state index contributed by atoms with van der Waals surface area (Å²) in [7, 11) is -3.81. The summed E-state index contributed by atoms with van der Waals surface area (Å²) < 4.78 is 33.2. The summed E-state index contributed by atoms with van der Waals surface area (Å²) in [5.41, 5.74) is 1.17. The number of benzene rings is 2. The maximum atomic E-state index is 12.6. The molecule has 0 spiro atoms. The topological polar surface area (TPSA) is 106 Å². The first-order valence-corrected chi connectivity index (χ1v) is 11.2. The minimum Gasteiger partial charge on any atom is -0.492 e. The lowest BCUT2D eigenvalue weighted by molar-refractivity contribution is 0.0692. The number of anilines is 1. The lowest BCUT2D eigenvalue weighted by Crippen LogP contribution is -2.14. The van der Waals surface area contributed by atoms with Gasteiger partial charge in [0.1, 0.15) is 11.3 Å². The lowest BCUT2D eigenvalue weighted by Gasteiger charge is -2.09.